The summed E-state index contributed by atoms with van der Waals surface area (Å²) in [6, 6.07) is 7.75. The van der Waals surface area contributed by atoms with Crippen molar-refractivity contribution in [3.8, 4) is 0 Å². The topological polar surface area (TPSA) is 59.3 Å². The molecule has 3 fully saturated rings. The van der Waals surface area contributed by atoms with Crippen LogP contribution in [0.4, 0.5) is 16.6 Å². The molecule has 200 valence electrons. The predicted molar refractivity (Wildman–Crippen MR) is 151 cm³/mol. The van der Waals surface area contributed by atoms with Crippen molar-refractivity contribution in [3.05, 3.63) is 45.6 Å². The zero-order valence-corrected chi connectivity index (χ0v) is 23.3. The molecule has 3 aromatic rings. The SMILES string of the molecule is Cc1nnc(N2CCc3c(c(N4CCCc5cc(CCC6CC67CC7)ccc54)nn3C3CCOCC3)C2)s1. The maximum Gasteiger partial charge on any atom is 0.208 e. The number of rotatable bonds is 6. The number of aryl methyl sites for hydroxylation is 3. The molecular weight excluding hydrogens is 492 g/mol. The molecule has 3 aliphatic heterocycles. The molecule has 2 saturated carbocycles. The van der Waals surface area contributed by atoms with Crippen molar-refractivity contribution >= 4 is 28.0 Å². The zero-order valence-electron chi connectivity index (χ0n) is 22.5. The van der Waals surface area contributed by atoms with Gasteiger partial charge in [0.2, 0.25) is 5.13 Å². The summed E-state index contributed by atoms with van der Waals surface area (Å²) in [5.74, 6) is 2.18. The maximum atomic E-state index is 5.70. The van der Waals surface area contributed by atoms with Gasteiger partial charge in [0.25, 0.3) is 0 Å². The van der Waals surface area contributed by atoms with E-state index in [1.54, 1.807) is 11.3 Å². The lowest BCUT2D eigenvalue weighted by atomic mass is 9.96. The van der Waals surface area contributed by atoms with Crippen molar-refractivity contribution < 1.29 is 4.74 Å². The highest BCUT2D eigenvalue weighted by Crippen LogP contribution is 2.71. The van der Waals surface area contributed by atoms with Gasteiger partial charge in [-0.15, -0.1) is 10.2 Å². The minimum atomic E-state index is 0.436. The average Bonchev–Trinajstić information content (AvgIpc) is 3.78. The predicted octanol–water partition coefficient (Wildman–Crippen LogP) is 5.77. The Labute approximate surface area is 229 Å². The Morgan fingerprint density at radius 2 is 2.00 bits per heavy atom. The number of hydrogen-bond acceptors (Lipinski definition) is 7. The molecule has 1 atom stereocenters. The summed E-state index contributed by atoms with van der Waals surface area (Å²) in [5.41, 5.74) is 8.03. The Morgan fingerprint density at radius 1 is 1.11 bits per heavy atom. The van der Waals surface area contributed by atoms with Gasteiger partial charge in [-0.25, -0.2) is 0 Å². The molecule has 0 radical (unpaired) electrons. The molecule has 0 bridgehead atoms. The van der Waals surface area contributed by atoms with E-state index >= 15 is 0 Å². The summed E-state index contributed by atoms with van der Waals surface area (Å²) in [6.07, 6.45) is 12.6. The first-order valence-corrected chi connectivity index (χ1v) is 15.6. The second-order valence-electron chi connectivity index (χ2n) is 12.3. The van der Waals surface area contributed by atoms with Crippen molar-refractivity contribution in [2.75, 3.05) is 36.1 Å². The van der Waals surface area contributed by atoms with Crippen LogP contribution in [0, 0.1) is 18.3 Å². The van der Waals surface area contributed by atoms with Crippen LogP contribution in [0.25, 0.3) is 0 Å². The summed E-state index contributed by atoms with van der Waals surface area (Å²) in [4.78, 5) is 4.94. The lowest BCUT2D eigenvalue weighted by Gasteiger charge is -2.33. The van der Waals surface area contributed by atoms with Crippen molar-refractivity contribution in [1.29, 1.82) is 0 Å². The van der Waals surface area contributed by atoms with Gasteiger partial charge in [0, 0.05) is 49.7 Å². The minimum absolute atomic E-state index is 0.436. The molecule has 0 amide bonds. The Balaban J connectivity index is 1.12. The van der Waals surface area contributed by atoms with Crippen LogP contribution in [-0.2, 0) is 30.5 Å². The number of benzene rings is 1. The third-order valence-corrected chi connectivity index (χ3v) is 10.8. The second kappa shape index (κ2) is 9.05. The van der Waals surface area contributed by atoms with Crippen LogP contribution < -0.4 is 9.80 Å². The zero-order chi connectivity index (χ0) is 25.3. The largest absolute Gasteiger partial charge is 0.381 e. The van der Waals surface area contributed by atoms with Crippen molar-refractivity contribution in [3.63, 3.8) is 0 Å². The van der Waals surface area contributed by atoms with Crippen LogP contribution in [0.2, 0.25) is 0 Å². The van der Waals surface area contributed by atoms with Crippen molar-refractivity contribution in [2.24, 2.45) is 11.3 Å². The number of aromatic nitrogens is 4. The average molecular weight is 531 g/mol. The van der Waals surface area contributed by atoms with Gasteiger partial charge in [0.15, 0.2) is 5.82 Å². The van der Waals surface area contributed by atoms with Gasteiger partial charge in [-0.05, 0) is 93.2 Å². The molecule has 8 rings (SSSR count). The summed E-state index contributed by atoms with van der Waals surface area (Å²) in [5, 5.41) is 16.3. The van der Waals surface area contributed by atoms with Crippen LogP contribution >= 0.6 is 11.3 Å². The number of nitrogens with zero attached hydrogens (tertiary/aromatic N) is 6. The summed E-state index contributed by atoms with van der Waals surface area (Å²) < 4.78 is 8.09. The summed E-state index contributed by atoms with van der Waals surface area (Å²) in [7, 11) is 0. The molecule has 0 N–H and O–H groups in total. The van der Waals surface area contributed by atoms with Gasteiger partial charge in [-0.1, -0.05) is 23.5 Å². The second-order valence-corrected chi connectivity index (χ2v) is 13.5. The van der Waals surface area contributed by atoms with E-state index in [-0.39, 0.29) is 0 Å². The molecular formula is C30H38N6OS. The fourth-order valence-electron chi connectivity index (χ4n) is 7.43. The molecule has 5 heterocycles. The third-order valence-electron chi connectivity index (χ3n) is 9.94. The molecule has 1 saturated heterocycles. The van der Waals surface area contributed by atoms with Gasteiger partial charge >= 0.3 is 0 Å². The van der Waals surface area contributed by atoms with Crippen LogP contribution in [0.5, 0.6) is 0 Å². The van der Waals surface area contributed by atoms with E-state index in [9.17, 15) is 0 Å². The van der Waals surface area contributed by atoms with Crippen LogP contribution in [0.15, 0.2) is 18.2 Å². The minimum Gasteiger partial charge on any atom is -0.381 e. The number of fused-ring (bicyclic) bond motifs is 2. The normalized spacial score (nSPS) is 24.0. The molecule has 2 aliphatic carbocycles. The van der Waals surface area contributed by atoms with E-state index in [0.29, 0.717) is 6.04 Å². The first-order valence-electron chi connectivity index (χ1n) is 14.8. The molecule has 38 heavy (non-hydrogen) atoms. The van der Waals surface area contributed by atoms with E-state index in [0.717, 1.165) is 73.6 Å². The molecule has 7 nitrogen and oxygen atoms in total. The molecule has 8 heteroatoms. The third kappa shape index (κ3) is 4.06. The Kier molecular flexibility index (Phi) is 5.58. The summed E-state index contributed by atoms with van der Waals surface area (Å²) in [6.45, 7) is 6.57. The highest BCUT2D eigenvalue weighted by Gasteiger charge is 2.61. The maximum absolute atomic E-state index is 5.70. The number of anilines is 3. The van der Waals surface area contributed by atoms with Crippen LogP contribution in [0.3, 0.4) is 0 Å². The highest BCUT2D eigenvalue weighted by atomic mass is 32.1. The van der Waals surface area contributed by atoms with Crippen molar-refractivity contribution in [2.45, 2.75) is 83.7 Å². The lowest BCUT2D eigenvalue weighted by Crippen LogP contribution is -2.33. The Hall–Kier alpha value is -2.45. The highest BCUT2D eigenvalue weighted by molar-refractivity contribution is 7.15. The number of ether oxygens (including phenoxy) is 1. The molecule has 1 unspecified atom stereocenters. The van der Waals surface area contributed by atoms with Crippen molar-refractivity contribution in [1.82, 2.24) is 20.0 Å². The van der Waals surface area contributed by atoms with Gasteiger partial charge in [0.1, 0.15) is 5.01 Å². The van der Waals surface area contributed by atoms with Gasteiger partial charge in [0.05, 0.1) is 12.6 Å². The number of hydrogen-bond donors (Lipinski definition) is 0. The monoisotopic (exact) mass is 530 g/mol. The van der Waals surface area contributed by atoms with Gasteiger partial charge in [-0.3, -0.25) is 4.68 Å². The van der Waals surface area contributed by atoms with E-state index in [2.05, 4.69) is 42.9 Å². The first-order chi connectivity index (χ1) is 18.7. The smallest absolute Gasteiger partial charge is 0.208 e. The van der Waals surface area contributed by atoms with E-state index in [1.165, 1.54) is 78.8 Å². The standard InChI is InChI=1S/C30H38N6OS/c1-20-31-32-29(38-20)34-14-8-27-25(19-34)28(33-36(27)24-9-15-37-16-10-24)35-13-2-3-22-17-21(5-7-26(22)35)4-6-23-18-30(23)11-12-30/h5,7,17,23-24H,2-4,6,8-16,18-19H2,1H3. The van der Waals surface area contributed by atoms with Crippen LogP contribution in [0.1, 0.15) is 78.4 Å². The van der Waals surface area contributed by atoms with Gasteiger partial charge in [-0.2, -0.15) is 5.10 Å². The Bertz CT molecular complexity index is 1350. The molecule has 2 aromatic heterocycles. The first kappa shape index (κ1) is 23.4. The molecule has 1 spiro atoms. The quantitative estimate of drug-likeness (QED) is 0.403. The lowest BCUT2D eigenvalue weighted by molar-refractivity contribution is 0.0654. The molecule has 1 aromatic carbocycles. The Morgan fingerprint density at radius 3 is 2.79 bits per heavy atom. The fraction of sp³-hybridized carbons (Fsp3) is 0.633. The van der Waals surface area contributed by atoms with Crippen LogP contribution in [-0.4, -0.2) is 46.3 Å². The van der Waals surface area contributed by atoms with E-state index < -0.39 is 0 Å². The van der Waals surface area contributed by atoms with Gasteiger partial charge < -0.3 is 14.5 Å². The fourth-order valence-corrected chi connectivity index (χ4v) is 8.15. The summed E-state index contributed by atoms with van der Waals surface area (Å²) >= 11 is 1.70. The molecule has 5 aliphatic rings. The van der Waals surface area contributed by atoms with E-state index in [4.69, 9.17) is 9.84 Å². The van der Waals surface area contributed by atoms with E-state index in [1.807, 2.05) is 6.92 Å².